The van der Waals surface area contributed by atoms with E-state index in [2.05, 4.69) is 0 Å². The van der Waals surface area contributed by atoms with Crippen LogP contribution in [0.4, 0.5) is 9.18 Å². The van der Waals surface area contributed by atoms with Gasteiger partial charge in [0.15, 0.2) is 5.78 Å². The molecule has 0 fully saturated rings. The number of rotatable bonds is 2. The van der Waals surface area contributed by atoms with Crippen LogP contribution >= 0.6 is 11.6 Å². The van der Waals surface area contributed by atoms with Gasteiger partial charge in [0.05, 0.1) is 18.2 Å². The van der Waals surface area contributed by atoms with E-state index in [-0.39, 0.29) is 24.5 Å². The summed E-state index contributed by atoms with van der Waals surface area (Å²) in [5.41, 5.74) is 1.18. The molecule has 0 bridgehead atoms. The van der Waals surface area contributed by atoms with E-state index >= 15 is 0 Å². The average molecular weight is 314 g/mol. The predicted octanol–water partition coefficient (Wildman–Crippen LogP) is 3.59. The van der Waals surface area contributed by atoms with E-state index in [1.807, 2.05) is 0 Å². The van der Waals surface area contributed by atoms with Crippen molar-refractivity contribution in [1.82, 2.24) is 4.90 Å². The number of amides is 1. The lowest BCUT2D eigenvalue weighted by Gasteiger charge is -2.20. The molecular weight excluding hydrogens is 297 g/mol. The fourth-order valence-corrected chi connectivity index (χ4v) is 2.89. The highest BCUT2D eigenvalue weighted by Gasteiger charge is 2.26. The van der Waals surface area contributed by atoms with Crippen LogP contribution < -0.4 is 0 Å². The molecule has 0 spiro atoms. The molecule has 0 atom stereocenters. The summed E-state index contributed by atoms with van der Waals surface area (Å²) < 4.78 is 19.2. The Hall–Kier alpha value is -1.62. The summed E-state index contributed by atoms with van der Waals surface area (Å²) in [6.07, 6.45) is 0.713. The molecule has 1 aliphatic heterocycles. The Bertz CT molecular complexity index is 589. The monoisotopic (exact) mass is 313 g/mol. The molecule has 1 heterocycles. The number of nitrogens with zero attached hydrogens (tertiary/aromatic N) is 1. The Balaban J connectivity index is 2.41. The van der Waals surface area contributed by atoms with Crippen molar-refractivity contribution in [3.05, 3.63) is 33.6 Å². The maximum absolute atomic E-state index is 14.3. The molecule has 114 valence electrons. The number of ketones is 1. The molecule has 1 amide bonds. The molecule has 21 heavy (non-hydrogen) atoms. The van der Waals surface area contributed by atoms with Crippen molar-refractivity contribution in [2.45, 2.75) is 33.2 Å². The van der Waals surface area contributed by atoms with E-state index in [9.17, 15) is 14.0 Å². The molecule has 6 heteroatoms. The molecule has 1 aliphatic rings. The van der Waals surface area contributed by atoms with Crippen LogP contribution in [0.2, 0.25) is 5.02 Å². The minimum atomic E-state index is -0.504. The standard InChI is InChI=1S/C15H17ClFNO3/c1-3-21-15(20)18-6-4-5-10-12(8-18)13(17)7-11(9(2)19)14(10)16/h7H,3-6,8H2,1-2H3. The number of hydrogen-bond donors (Lipinski definition) is 0. The second kappa shape index (κ2) is 6.43. The van der Waals surface area contributed by atoms with Crippen molar-refractivity contribution in [2.75, 3.05) is 13.2 Å². The minimum Gasteiger partial charge on any atom is -0.450 e. The van der Waals surface area contributed by atoms with Crippen LogP contribution in [0.3, 0.4) is 0 Å². The first-order chi connectivity index (χ1) is 9.95. The molecule has 0 N–H and O–H groups in total. The van der Waals surface area contributed by atoms with Gasteiger partial charge in [-0.1, -0.05) is 11.6 Å². The Labute approximate surface area is 127 Å². The molecule has 0 unspecified atom stereocenters. The van der Waals surface area contributed by atoms with Crippen LogP contribution in [-0.4, -0.2) is 29.9 Å². The summed E-state index contributed by atoms with van der Waals surface area (Å²) in [5.74, 6) is -0.774. The summed E-state index contributed by atoms with van der Waals surface area (Å²) in [6.45, 7) is 3.93. The zero-order valence-electron chi connectivity index (χ0n) is 12.0. The quantitative estimate of drug-likeness (QED) is 0.784. The topological polar surface area (TPSA) is 46.6 Å². The molecule has 0 radical (unpaired) electrons. The first-order valence-electron chi connectivity index (χ1n) is 6.88. The van der Waals surface area contributed by atoms with Gasteiger partial charge in [-0.15, -0.1) is 0 Å². The van der Waals surface area contributed by atoms with E-state index in [1.54, 1.807) is 6.92 Å². The minimum absolute atomic E-state index is 0.109. The maximum Gasteiger partial charge on any atom is 0.410 e. The molecule has 0 aromatic heterocycles. The zero-order valence-corrected chi connectivity index (χ0v) is 12.8. The third kappa shape index (κ3) is 3.18. The van der Waals surface area contributed by atoms with Gasteiger partial charge in [-0.2, -0.15) is 0 Å². The number of halogens is 2. The second-order valence-electron chi connectivity index (χ2n) is 4.96. The first-order valence-corrected chi connectivity index (χ1v) is 7.25. The third-order valence-electron chi connectivity index (χ3n) is 3.53. The number of Topliss-reactive ketones (excluding diaryl/α,β-unsaturated/α-hetero) is 1. The lowest BCUT2D eigenvalue weighted by molar-refractivity contribution is 0.101. The highest BCUT2D eigenvalue weighted by molar-refractivity contribution is 6.34. The summed E-state index contributed by atoms with van der Waals surface area (Å²) >= 11 is 6.23. The van der Waals surface area contributed by atoms with Crippen molar-refractivity contribution in [2.24, 2.45) is 0 Å². The number of ether oxygens (including phenoxy) is 1. The van der Waals surface area contributed by atoms with E-state index in [0.717, 1.165) is 6.07 Å². The van der Waals surface area contributed by atoms with Gasteiger partial charge >= 0.3 is 6.09 Å². The van der Waals surface area contributed by atoms with Gasteiger partial charge in [0.1, 0.15) is 5.82 Å². The van der Waals surface area contributed by atoms with Gasteiger partial charge in [-0.3, -0.25) is 4.79 Å². The van der Waals surface area contributed by atoms with Gasteiger partial charge in [0.2, 0.25) is 0 Å². The van der Waals surface area contributed by atoms with Crippen LogP contribution in [0, 0.1) is 5.82 Å². The normalized spacial score (nSPS) is 14.4. The molecule has 0 saturated carbocycles. The molecule has 1 aromatic rings. The largest absolute Gasteiger partial charge is 0.450 e. The lowest BCUT2D eigenvalue weighted by Crippen LogP contribution is -2.31. The van der Waals surface area contributed by atoms with Crippen LogP contribution in [0.25, 0.3) is 0 Å². The summed E-state index contributed by atoms with van der Waals surface area (Å²) in [7, 11) is 0. The SMILES string of the molecule is CCOC(=O)N1CCCc2c(Cl)c(C(C)=O)cc(F)c2C1. The molecule has 4 nitrogen and oxygen atoms in total. The number of hydrogen-bond acceptors (Lipinski definition) is 3. The van der Waals surface area contributed by atoms with Gasteiger partial charge in [0, 0.05) is 17.7 Å². The Morgan fingerprint density at radius 2 is 2.14 bits per heavy atom. The first kappa shape index (κ1) is 15.8. The molecule has 2 rings (SSSR count). The summed E-state index contributed by atoms with van der Waals surface area (Å²) in [4.78, 5) is 24.8. The Morgan fingerprint density at radius 3 is 2.76 bits per heavy atom. The van der Waals surface area contributed by atoms with Gasteiger partial charge in [-0.25, -0.2) is 9.18 Å². The summed E-state index contributed by atoms with van der Waals surface area (Å²) in [6, 6.07) is 1.15. The number of carbonyl (C=O) groups is 2. The third-order valence-corrected chi connectivity index (χ3v) is 3.97. The van der Waals surface area contributed by atoms with Crippen molar-refractivity contribution < 1.29 is 18.7 Å². The van der Waals surface area contributed by atoms with E-state index in [0.29, 0.717) is 35.5 Å². The van der Waals surface area contributed by atoms with Gasteiger partial charge in [-0.05, 0) is 38.3 Å². The Kier molecular flexibility index (Phi) is 4.83. The summed E-state index contributed by atoms with van der Waals surface area (Å²) in [5, 5.41) is 0.296. The Morgan fingerprint density at radius 1 is 1.43 bits per heavy atom. The van der Waals surface area contributed by atoms with Crippen molar-refractivity contribution in [1.29, 1.82) is 0 Å². The smallest absolute Gasteiger partial charge is 0.410 e. The second-order valence-corrected chi connectivity index (χ2v) is 5.34. The highest BCUT2D eigenvalue weighted by Crippen LogP contribution is 2.31. The predicted molar refractivity (Wildman–Crippen MR) is 77.2 cm³/mol. The number of fused-ring (bicyclic) bond motifs is 1. The number of carbonyl (C=O) groups excluding carboxylic acids is 2. The van der Waals surface area contributed by atoms with Crippen LogP contribution in [0.5, 0.6) is 0 Å². The van der Waals surface area contributed by atoms with Crippen molar-refractivity contribution >= 4 is 23.5 Å². The van der Waals surface area contributed by atoms with Crippen LogP contribution in [0.15, 0.2) is 6.07 Å². The zero-order chi connectivity index (χ0) is 15.6. The lowest BCUT2D eigenvalue weighted by atomic mass is 9.98. The van der Waals surface area contributed by atoms with Crippen molar-refractivity contribution in [3.8, 4) is 0 Å². The molecule has 1 aromatic carbocycles. The van der Waals surface area contributed by atoms with Gasteiger partial charge in [0.25, 0.3) is 0 Å². The molecular formula is C15H17ClFNO3. The van der Waals surface area contributed by atoms with Gasteiger partial charge < -0.3 is 9.64 Å². The van der Waals surface area contributed by atoms with E-state index in [1.165, 1.54) is 11.8 Å². The number of benzene rings is 1. The molecule has 0 aliphatic carbocycles. The average Bonchev–Trinajstić information content (AvgIpc) is 2.66. The fraction of sp³-hybridized carbons (Fsp3) is 0.467. The van der Waals surface area contributed by atoms with E-state index < -0.39 is 11.9 Å². The highest BCUT2D eigenvalue weighted by atomic mass is 35.5. The fourth-order valence-electron chi connectivity index (χ4n) is 2.49. The van der Waals surface area contributed by atoms with Crippen LogP contribution in [-0.2, 0) is 17.7 Å². The molecule has 0 saturated heterocycles. The maximum atomic E-state index is 14.3. The van der Waals surface area contributed by atoms with E-state index in [4.69, 9.17) is 16.3 Å². The van der Waals surface area contributed by atoms with Crippen molar-refractivity contribution in [3.63, 3.8) is 0 Å². The van der Waals surface area contributed by atoms with Crippen LogP contribution in [0.1, 0.15) is 41.8 Å².